The highest BCUT2D eigenvalue weighted by atomic mass is 15.1. The minimum atomic E-state index is 1.14. The van der Waals surface area contributed by atoms with Crippen molar-refractivity contribution in [1.29, 1.82) is 0 Å². The van der Waals surface area contributed by atoms with Gasteiger partial charge in [0.25, 0.3) is 0 Å². The molecule has 2 rings (SSSR count). The van der Waals surface area contributed by atoms with E-state index in [4.69, 9.17) is 0 Å². The summed E-state index contributed by atoms with van der Waals surface area (Å²) < 4.78 is 0. The van der Waals surface area contributed by atoms with Gasteiger partial charge in [0.15, 0.2) is 0 Å². The van der Waals surface area contributed by atoms with Gasteiger partial charge < -0.3 is 4.90 Å². The van der Waals surface area contributed by atoms with Crippen LogP contribution >= 0.6 is 0 Å². The number of rotatable bonds is 1. The van der Waals surface area contributed by atoms with E-state index in [2.05, 4.69) is 75.9 Å². The minimum absolute atomic E-state index is 1.14. The van der Waals surface area contributed by atoms with Crippen molar-refractivity contribution >= 4 is 5.69 Å². The molecule has 2 aromatic rings. The van der Waals surface area contributed by atoms with E-state index in [1.54, 1.807) is 0 Å². The molecule has 0 bridgehead atoms. The van der Waals surface area contributed by atoms with Crippen LogP contribution in [0.25, 0.3) is 0 Å². The van der Waals surface area contributed by atoms with Crippen LogP contribution in [0.5, 0.6) is 0 Å². The minimum Gasteiger partial charge on any atom is -0.377 e. The molecular weight excluding hydrogens is 244 g/mol. The van der Waals surface area contributed by atoms with E-state index >= 15 is 0 Å². The lowest BCUT2D eigenvalue weighted by Gasteiger charge is -2.14. The molecule has 0 spiro atoms. The molecule has 1 aromatic carbocycles. The largest absolute Gasteiger partial charge is 0.377 e. The summed E-state index contributed by atoms with van der Waals surface area (Å²) in [6, 6.07) is 8.36. The van der Waals surface area contributed by atoms with Gasteiger partial charge in [0, 0.05) is 31.7 Å². The first-order valence-electron chi connectivity index (χ1n) is 6.97. The summed E-state index contributed by atoms with van der Waals surface area (Å²) >= 11 is 0. The van der Waals surface area contributed by atoms with Gasteiger partial charge in [-0.3, -0.25) is 4.98 Å². The van der Waals surface area contributed by atoms with Crippen LogP contribution in [-0.4, -0.2) is 19.1 Å². The Labute approximate surface area is 123 Å². The third-order valence-electron chi connectivity index (χ3n) is 3.75. The number of pyridine rings is 1. The molecule has 0 aliphatic carbocycles. The van der Waals surface area contributed by atoms with Crippen molar-refractivity contribution in [2.24, 2.45) is 0 Å². The molecule has 1 aromatic heterocycles. The normalized spacial score (nSPS) is 9.75. The van der Waals surface area contributed by atoms with Crippen molar-refractivity contribution in [3.63, 3.8) is 0 Å². The lowest BCUT2D eigenvalue weighted by Crippen LogP contribution is -2.09. The summed E-state index contributed by atoms with van der Waals surface area (Å²) in [5.41, 5.74) is 7.73. The van der Waals surface area contributed by atoms with E-state index in [1.165, 1.54) is 27.9 Å². The zero-order chi connectivity index (χ0) is 15.3. The molecule has 0 aliphatic rings. The number of hydrogen-bond acceptors (Lipinski definition) is 2. The Balaban J connectivity index is 0.000000200. The summed E-state index contributed by atoms with van der Waals surface area (Å²) in [7, 11) is 4.12. The first kappa shape index (κ1) is 16.2. The molecule has 0 amide bonds. The number of nitrogens with zero attached hydrogens (tertiary/aromatic N) is 2. The van der Waals surface area contributed by atoms with Gasteiger partial charge in [0.2, 0.25) is 0 Å². The van der Waals surface area contributed by atoms with Crippen LogP contribution in [0, 0.1) is 34.6 Å². The van der Waals surface area contributed by atoms with Crippen molar-refractivity contribution < 1.29 is 0 Å². The SMILES string of the molecule is Cc1ccccc1N(C)C.Cc1cnc(C)c(C)c1C. The van der Waals surface area contributed by atoms with Crippen LogP contribution in [0.15, 0.2) is 30.5 Å². The molecule has 0 N–H and O–H groups in total. The van der Waals surface area contributed by atoms with Gasteiger partial charge in [-0.25, -0.2) is 0 Å². The van der Waals surface area contributed by atoms with E-state index in [-0.39, 0.29) is 0 Å². The Bertz CT molecular complexity index is 545. The second-order valence-corrected chi connectivity index (χ2v) is 5.46. The topological polar surface area (TPSA) is 16.1 Å². The van der Waals surface area contributed by atoms with Gasteiger partial charge in [0.1, 0.15) is 0 Å². The predicted octanol–water partition coefficient (Wildman–Crippen LogP) is 4.38. The Morgan fingerprint density at radius 1 is 0.800 bits per heavy atom. The molecule has 2 heteroatoms. The standard InChI is InChI=1S/2C9H13N/c1-6-5-10-9(4)8(3)7(6)2;1-8-6-4-5-7-9(8)10(2)3/h5H,1-4H3;4-7H,1-3H3. The van der Waals surface area contributed by atoms with Gasteiger partial charge in [0.05, 0.1) is 0 Å². The molecule has 0 radical (unpaired) electrons. The van der Waals surface area contributed by atoms with Gasteiger partial charge in [-0.1, -0.05) is 18.2 Å². The first-order valence-corrected chi connectivity index (χ1v) is 6.97. The van der Waals surface area contributed by atoms with Crippen LogP contribution in [0.1, 0.15) is 27.9 Å². The summed E-state index contributed by atoms with van der Waals surface area (Å²) in [6.07, 6.45) is 1.93. The number of anilines is 1. The van der Waals surface area contributed by atoms with Crippen molar-refractivity contribution in [2.75, 3.05) is 19.0 Å². The average molecular weight is 270 g/mol. The fourth-order valence-corrected chi connectivity index (χ4v) is 2.02. The third kappa shape index (κ3) is 4.09. The average Bonchev–Trinajstić information content (AvgIpc) is 2.42. The molecule has 0 saturated heterocycles. The maximum absolute atomic E-state index is 4.24. The highest BCUT2D eigenvalue weighted by molar-refractivity contribution is 5.51. The number of para-hydroxylation sites is 1. The molecule has 2 nitrogen and oxygen atoms in total. The Hall–Kier alpha value is -1.83. The fourth-order valence-electron chi connectivity index (χ4n) is 2.02. The Morgan fingerprint density at radius 2 is 1.40 bits per heavy atom. The van der Waals surface area contributed by atoms with Crippen molar-refractivity contribution in [3.05, 3.63) is 58.4 Å². The van der Waals surface area contributed by atoms with Crippen LogP contribution in [0.3, 0.4) is 0 Å². The van der Waals surface area contributed by atoms with Gasteiger partial charge in [-0.2, -0.15) is 0 Å². The van der Waals surface area contributed by atoms with Crippen molar-refractivity contribution in [2.45, 2.75) is 34.6 Å². The number of benzene rings is 1. The van der Waals surface area contributed by atoms with Gasteiger partial charge in [-0.05, 0) is 62.9 Å². The highest BCUT2D eigenvalue weighted by Gasteiger charge is 1.99. The number of hydrogen-bond donors (Lipinski definition) is 0. The lowest BCUT2D eigenvalue weighted by molar-refractivity contribution is 1.09. The second kappa shape index (κ2) is 7.09. The molecule has 0 atom stereocenters. The van der Waals surface area contributed by atoms with Crippen molar-refractivity contribution in [1.82, 2.24) is 4.98 Å². The third-order valence-corrected chi connectivity index (χ3v) is 3.75. The quantitative estimate of drug-likeness (QED) is 0.764. The van der Waals surface area contributed by atoms with Crippen LogP contribution in [0.4, 0.5) is 5.69 Å². The van der Waals surface area contributed by atoms with Crippen LogP contribution < -0.4 is 4.90 Å². The monoisotopic (exact) mass is 270 g/mol. The summed E-state index contributed by atoms with van der Waals surface area (Å²) in [5.74, 6) is 0. The zero-order valence-electron chi connectivity index (χ0n) is 13.8. The maximum Gasteiger partial charge on any atom is 0.0404 e. The molecular formula is C18H26N2. The molecule has 0 saturated carbocycles. The summed E-state index contributed by atoms with van der Waals surface area (Å²) in [4.78, 5) is 6.36. The second-order valence-electron chi connectivity index (χ2n) is 5.46. The number of aromatic nitrogens is 1. The van der Waals surface area contributed by atoms with Crippen molar-refractivity contribution in [3.8, 4) is 0 Å². The van der Waals surface area contributed by atoms with E-state index in [9.17, 15) is 0 Å². The van der Waals surface area contributed by atoms with E-state index in [1.807, 2.05) is 13.1 Å². The Morgan fingerprint density at radius 3 is 1.85 bits per heavy atom. The smallest absolute Gasteiger partial charge is 0.0404 e. The van der Waals surface area contributed by atoms with E-state index in [0.29, 0.717) is 0 Å². The molecule has 1 heterocycles. The Kier molecular flexibility index (Phi) is 5.75. The van der Waals surface area contributed by atoms with Gasteiger partial charge >= 0.3 is 0 Å². The number of aryl methyl sites for hydroxylation is 3. The molecule has 0 fully saturated rings. The van der Waals surface area contributed by atoms with E-state index in [0.717, 1.165) is 5.69 Å². The fraction of sp³-hybridized carbons (Fsp3) is 0.389. The molecule has 108 valence electrons. The molecule has 20 heavy (non-hydrogen) atoms. The predicted molar refractivity (Wildman–Crippen MR) is 88.7 cm³/mol. The van der Waals surface area contributed by atoms with E-state index < -0.39 is 0 Å². The van der Waals surface area contributed by atoms with Crippen LogP contribution in [-0.2, 0) is 0 Å². The summed E-state index contributed by atoms with van der Waals surface area (Å²) in [5, 5.41) is 0. The van der Waals surface area contributed by atoms with Crippen LogP contribution in [0.2, 0.25) is 0 Å². The first-order chi connectivity index (χ1) is 9.34. The maximum atomic E-state index is 4.24. The zero-order valence-corrected chi connectivity index (χ0v) is 13.8. The molecule has 0 unspecified atom stereocenters. The lowest BCUT2D eigenvalue weighted by atomic mass is 10.1. The van der Waals surface area contributed by atoms with Gasteiger partial charge in [-0.15, -0.1) is 0 Å². The molecule has 0 aliphatic heterocycles. The highest BCUT2D eigenvalue weighted by Crippen LogP contribution is 2.15. The summed E-state index contributed by atoms with van der Waals surface area (Å²) in [6.45, 7) is 10.5.